The molecule has 1 unspecified atom stereocenters. The Labute approximate surface area is 137 Å². The number of piperidine rings is 1. The molecule has 0 saturated carbocycles. The second kappa shape index (κ2) is 7.75. The van der Waals surface area contributed by atoms with Crippen LogP contribution in [-0.4, -0.2) is 50.7 Å². The van der Waals surface area contributed by atoms with Crippen molar-refractivity contribution in [2.24, 2.45) is 5.92 Å². The number of β-amino-alcohol motifs (C(OH)–C–C–N with tert-alkyl or cyclic N) is 1. The SMILES string of the molecule is CC1CCN(CC(O)CNS(=O)(=O)c2ccc(Cl)cc2)CC1. The zero-order chi connectivity index (χ0) is 16.2. The average Bonchev–Trinajstić information content (AvgIpc) is 2.48. The zero-order valence-corrected chi connectivity index (χ0v) is 14.3. The number of aliphatic hydroxyl groups excluding tert-OH is 1. The maximum absolute atomic E-state index is 12.1. The molecule has 5 nitrogen and oxygen atoms in total. The standard InChI is InChI=1S/C15H23ClN2O3S/c1-12-6-8-18(9-7-12)11-14(19)10-17-22(20,21)15-4-2-13(16)3-5-15/h2-5,12,14,17,19H,6-11H2,1H3. The molecule has 0 amide bonds. The second-order valence-electron chi connectivity index (χ2n) is 5.94. The molecular formula is C15H23ClN2O3S. The summed E-state index contributed by atoms with van der Waals surface area (Å²) in [5.41, 5.74) is 0. The van der Waals surface area contributed by atoms with Crippen molar-refractivity contribution in [3.63, 3.8) is 0 Å². The van der Waals surface area contributed by atoms with Crippen molar-refractivity contribution in [3.8, 4) is 0 Å². The van der Waals surface area contributed by atoms with Gasteiger partial charge in [-0.3, -0.25) is 0 Å². The molecule has 2 rings (SSSR count). The maximum atomic E-state index is 12.1. The first-order valence-electron chi connectivity index (χ1n) is 7.52. The maximum Gasteiger partial charge on any atom is 0.240 e. The van der Waals surface area contributed by atoms with E-state index in [0.717, 1.165) is 31.8 Å². The van der Waals surface area contributed by atoms with Gasteiger partial charge in [0.1, 0.15) is 0 Å². The van der Waals surface area contributed by atoms with Gasteiger partial charge in [0.05, 0.1) is 11.0 Å². The molecule has 1 aromatic rings. The van der Waals surface area contributed by atoms with E-state index in [9.17, 15) is 13.5 Å². The monoisotopic (exact) mass is 346 g/mol. The summed E-state index contributed by atoms with van der Waals surface area (Å²) in [6, 6.07) is 5.95. The summed E-state index contributed by atoms with van der Waals surface area (Å²) in [6.45, 7) is 4.66. The van der Waals surface area contributed by atoms with Crippen LogP contribution in [0.4, 0.5) is 0 Å². The molecule has 1 saturated heterocycles. The summed E-state index contributed by atoms with van der Waals surface area (Å²) in [6.07, 6.45) is 1.54. The van der Waals surface area contributed by atoms with Crippen molar-refractivity contribution < 1.29 is 13.5 Å². The van der Waals surface area contributed by atoms with Gasteiger partial charge in [0.15, 0.2) is 0 Å². The molecule has 22 heavy (non-hydrogen) atoms. The van der Waals surface area contributed by atoms with Gasteiger partial charge in [-0.1, -0.05) is 18.5 Å². The fourth-order valence-electron chi connectivity index (χ4n) is 2.51. The van der Waals surface area contributed by atoms with Crippen molar-refractivity contribution in [2.75, 3.05) is 26.2 Å². The summed E-state index contributed by atoms with van der Waals surface area (Å²) in [5, 5.41) is 10.5. The summed E-state index contributed by atoms with van der Waals surface area (Å²) in [7, 11) is -3.61. The van der Waals surface area contributed by atoms with E-state index >= 15 is 0 Å². The fraction of sp³-hybridized carbons (Fsp3) is 0.600. The van der Waals surface area contributed by atoms with Crippen LogP contribution in [0.25, 0.3) is 0 Å². The molecule has 1 fully saturated rings. The third-order valence-corrected chi connectivity index (χ3v) is 5.67. The van der Waals surface area contributed by atoms with Crippen molar-refractivity contribution in [3.05, 3.63) is 29.3 Å². The second-order valence-corrected chi connectivity index (χ2v) is 8.15. The number of hydrogen-bond acceptors (Lipinski definition) is 4. The topological polar surface area (TPSA) is 69.6 Å². The van der Waals surface area contributed by atoms with Crippen LogP contribution in [0.5, 0.6) is 0 Å². The van der Waals surface area contributed by atoms with Crippen LogP contribution in [0, 0.1) is 5.92 Å². The van der Waals surface area contributed by atoms with Gasteiger partial charge < -0.3 is 10.0 Å². The molecule has 1 aliphatic rings. The number of halogens is 1. The first kappa shape index (κ1) is 17.7. The minimum absolute atomic E-state index is 0.0109. The quantitative estimate of drug-likeness (QED) is 0.822. The number of aliphatic hydroxyl groups is 1. The van der Waals surface area contributed by atoms with E-state index in [1.807, 2.05) is 0 Å². The van der Waals surface area contributed by atoms with Crippen LogP contribution in [0.3, 0.4) is 0 Å². The molecular weight excluding hydrogens is 324 g/mol. The van der Waals surface area contributed by atoms with Crippen molar-refractivity contribution >= 4 is 21.6 Å². The molecule has 1 aromatic carbocycles. The molecule has 0 bridgehead atoms. The van der Waals surface area contributed by atoms with Gasteiger partial charge in [-0.25, -0.2) is 13.1 Å². The first-order chi connectivity index (χ1) is 10.4. The average molecular weight is 347 g/mol. The Bertz CT molecular complexity index is 569. The summed E-state index contributed by atoms with van der Waals surface area (Å²) < 4.78 is 26.7. The van der Waals surface area contributed by atoms with E-state index in [4.69, 9.17) is 11.6 Å². The highest BCUT2D eigenvalue weighted by Gasteiger charge is 2.20. The molecule has 1 aliphatic heterocycles. The predicted molar refractivity (Wildman–Crippen MR) is 87.5 cm³/mol. The van der Waals surface area contributed by atoms with Crippen LogP contribution in [0.15, 0.2) is 29.2 Å². The van der Waals surface area contributed by atoms with Gasteiger partial charge >= 0.3 is 0 Å². The molecule has 0 aliphatic carbocycles. The largest absolute Gasteiger partial charge is 0.390 e. The van der Waals surface area contributed by atoms with E-state index in [1.165, 1.54) is 24.3 Å². The highest BCUT2D eigenvalue weighted by molar-refractivity contribution is 7.89. The molecule has 124 valence electrons. The number of nitrogens with zero attached hydrogens (tertiary/aromatic N) is 1. The first-order valence-corrected chi connectivity index (χ1v) is 9.38. The van der Waals surface area contributed by atoms with E-state index in [0.29, 0.717) is 11.6 Å². The minimum Gasteiger partial charge on any atom is -0.390 e. The Morgan fingerprint density at radius 3 is 2.50 bits per heavy atom. The highest BCUT2D eigenvalue weighted by Crippen LogP contribution is 2.16. The van der Waals surface area contributed by atoms with Crippen molar-refractivity contribution in [2.45, 2.75) is 30.8 Å². The van der Waals surface area contributed by atoms with Crippen LogP contribution >= 0.6 is 11.6 Å². The lowest BCUT2D eigenvalue weighted by Gasteiger charge is -2.31. The lowest BCUT2D eigenvalue weighted by molar-refractivity contribution is 0.0942. The van der Waals surface area contributed by atoms with Crippen molar-refractivity contribution in [1.82, 2.24) is 9.62 Å². The summed E-state index contributed by atoms with van der Waals surface area (Å²) in [4.78, 5) is 2.33. The van der Waals surface area contributed by atoms with Crippen LogP contribution < -0.4 is 4.72 Å². The van der Waals surface area contributed by atoms with Gasteiger partial charge in [-0.05, 0) is 56.1 Å². The number of likely N-dealkylation sites (tertiary alicyclic amines) is 1. The number of hydrogen-bond donors (Lipinski definition) is 2. The molecule has 0 spiro atoms. The van der Waals surface area contributed by atoms with Gasteiger partial charge in [0.25, 0.3) is 0 Å². The lowest BCUT2D eigenvalue weighted by atomic mass is 9.99. The highest BCUT2D eigenvalue weighted by atomic mass is 35.5. The molecule has 2 N–H and O–H groups in total. The van der Waals surface area contributed by atoms with Crippen molar-refractivity contribution in [1.29, 1.82) is 0 Å². The van der Waals surface area contributed by atoms with Crippen LogP contribution in [0.2, 0.25) is 5.02 Å². The molecule has 7 heteroatoms. The van der Waals surface area contributed by atoms with E-state index in [1.54, 1.807) is 0 Å². The van der Waals surface area contributed by atoms with Gasteiger partial charge in [0.2, 0.25) is 10.0 Å². The number of nitrogens with one attached hydrogen (secondary N) is 1. The number of sulfonamides is 1. The number of benzene rings is 1. The Morgan fingerprint density at radius 1 is 1.32 bits per heavy atom. The minimum atomic E-state index is -3.61. The van der Waals surface area contributed by atoms with Gasteiger partial charge in [-0.15, -0.1) is 0 Å². The predicted octanol–water partition coefficient (Wildman–Crippen LogP) is 1.71. The van der Waals surface area contributed by atoms with E-state index in [-0.39, 0.29) is 11.4 Å². The van der Waals surface area contributed by atoms with Gasteiger partial charge in [-0.2, -0.15) is 0 Å². The van der Waals surface area contributed by atoms with E-state index < -0.39 is 16.1 Å². The zero-order valence-electron chi connectivity index (χ0n) is 12.7. The Hall–Kier alpha value is -0.660. The van der Waals surface area contributed by atoms with Crippen LogP contribution in [0.1, 0.15) is 19.8 Å². The lowest BCUT2D eigenvalue weighted by Crippen LogP contribution is -2.43. The third-order valence-electron chi connectivity index (χ3n) is 3.98. The number of rotatable bonds is 6. The normalized spacial score (nSPS) is 19.2. The fourth-order valence-corrected chi connectivity index (χ4v) is 3.71. The van der Waals surface area contributed by atoms with Gasteiger partial charge in [0, 0.05) is 18.1 Å². The van der Waals surface area contributed by atoms with Crippen LogP contribution in [-0.2, 0) is 10.0 Å². The molecule has 1 atom stereocenters. The Balaban J connectivity index is 1.82. The summed E-state index contributed by atoms with van der Waals surface area (Å²) >= 11 is 5.75. The Kier molecular flexibility index (Phi) is 6.23. The summed E-state index contributed by atoms with van der Waals surface area (Å²) in [5.74, 6) is 0.733. The van der Waals surface area contributed by atoms with E-state index in [2.05, 4.69) is 16.5 Å². The molecule has 0 radical (unpaired) electrons. The molecule has 0 aromatic heterocycles. The smallest absolute Gasteiger partial charge is 0.240 e. The molecule has 1 heterocycles. The Morgan fingerprint density at radius 2 is 1.91 bits per heavy atom. The third kappa shape index (κ3) is 5.21.